The summed E-state index contributed by atoms with van der Waals surface area (Å²) in [5, 5.41) is 14.6. The lowest BCUT2D eigenvalue weighted by molar-refractivity contribution is -0.142. The van der Waals surface area contributed by atoms with E-state index in [4.69, 9.17) is 9.84 Å². The van der Waals surface area contributed by atoms with Gasteiger partial charge in [0.15, 0.2) is 0 Å². The van der Waals surface area contributed by atoms with Crippen molar-refractivity contribution in [2.75, 3.05) is 13.2 Å². The van der Waals surface area contributed by atoms with Gasteiger partial charge >= 0.3 is 12.0 Å². The highest BCUT2D eigenvalue weighted by atomic mass is 16.5. The number of carboxylic acids is 1. The number of carbonyl (C=O) groups is 2. The van der Waals surface area contributed by atoms with Crippen molar-refractivity contribution in [3.8, 4) is 0 Å². The first kappa shape index (κ1) is 16.1. The van der Waals surface area contributed by atoms with Crippen LogP contribution >= 0.6 is 0 Å². The van der Waals surface area contributed by atoms with Crippen molar-refractivity contribution in [3.63, 3.8) is 0 Å². The van der Waals surface area contributed by atoms with Gasteiger partial charge in [-0.25, -0.2) is 4.79 Å². The number of carbonyl (C=O) groups excluding carboxylic acids is 1. The molecule has 0 aliphatic heterocycles. The largest absolute Gasteiger partial charge is 0.481 e. The van der Waals surface area contributed by atoms with E-state index in [0.29, 0.717) is 25.7 Å². The molecule has 2 atom stereocenters. The van der Waals surface area contributed by atoms with Crippen LogP contribution in [0.2, 0.25) is 0 Å². The second kappa shape index (κ2) is 8.22. The van der Waals surface area contributed by atoms with Crippen molar-refractivity contribution in [1.82, 2.24) is 10.6 Å². The van der Waals surface area contributed by atoms with Crippen LogP contribution in [0.3, 0.4) is 0 Å². The molecular weight excluding hydrogens is 272 g/mol. The maximum Gasteiger partial charge on any atom is 0.315 e. The van der Waals surface area contributed by atoms with E-state index in [-0.39, 0.29) is 12.1 Å². The summed E-state index contributed by atoms with van der Waals surface area (Å²) in [7, 11) is 0. The van der Waals surface area contributed by atoms with Gasteiger partial charge in [-0.1, -0.05) is 25.7 Å². The number of rotatable bonds is 6. The van der Waals surface area contributed by atoms with Crippen molar-refractivity contribution in [2.24, 2.45) is 5.92 Å². The van der Waals surface area contributed by atoms with Crippen LogP contribution < -0.4 is 10.6 Å². The zero-order chi connectivity index (χ0) is 15.1. The highest BCUT2D eigenvalue weighted by molar-refractivity contribution is 5.76. The van der Waals surface area contributed by atoms with Gasteiger partial charge in [0.05, 0.1) is 18.6 Å². The Bertz CT molecular complexity index is 356. The summed E-state index contributed by atoms with van der Waals surface area (Å²) in [6.07, 6.45) is 8.58. The van der Waals surface area contributed by atoms with Gasteiger partial charge in [-0.15, -0.1) is 0 Å². The van der Waals surface area contributed by atoms with E-state index in [9.17, 15) is 9.59 Å². The van der Waals surface area contributed by atoms with Crippen LogP contribution in [-0.4, -0.2) is 42.4 Å². The molecule has 3 N–H and O–H groups in total. The van der Waals surface area contributed by atoms with Gasteiger partial charge in [-0.3, -0.25) is 4.79 Å². The molecule has 2 rings (SSSR count). The first-order valence-electron chi connectivity index (χ1n) is 8.05. The van der Waals surface area contributed by atoms with Crippen LogP contribution in [0.1, 0.15) is 51.4 Å². The number of hydrogen-bond acceptors (Lipinski definition) is 3. The number of hydrogen-bond donors (Lipinski definition) is 3. The van der Waals surface area contributed by atoms with Crippen molar-refractivity contribution < 1.29 is 19.4 Å². The fourth-order valence-electron chi connectivity index (χ4n) is 3.27. The summed E-state index contributed by atoms with van der Waals surface area (Å²) in [4.78, 5) is 22.8. The predicted molar refractivity (Wildman–Crippen MR) is 78.1 cm³/mol. The molecule has 0 aromatic heterocycles. The molecule has 120 valence electrons. The SMILES string of the molecule is O=C(NCCOC1CCCCC1)NC1CCCC1C(=O)O. The first-order valence-corrected chi connectivity index (χ1v) is 8.05. The Morgan fingerprint density at radius 2 is 1.81 bits per heavy atom. The average molecular weight is 298 g/mol. The number of aliphatic carboxylic acids is 1. The Kier molecular flexibility index (Phi) is 6.29. The molecule has 2 amide bonds. The maximum absolute atomic E-state index is 11.7. The molecule has 0 aromatic carbocycles. The molecule has 2 saturated carbocycles. The third-order valence-electron chi connectivity index (χ3n) is 4.44. The Labute approximate surface area is 125 Å². The molecule has 0 heterocycles. The third-order valence-corrected chi connectivity index (χ3v) is 4.44. The minimum atomic E-state index is -0.821. The zero-order valence-corrected chi connectivity index (χ0v) is 12.5. The van der Waals surface area contributed by atoms with Gasteiger partial charge in [-0.2, -0.15) is 0 Å². The molecule has 0 spiro atoms. The van der Waals surface area contributed by atoms with Crippen LogP contribution in [-0.2, 0) is 9.53 Å². The van der Waals surface area contributed by atoms with Crippen LogP contribution in [0.4, 0.5) is 4.79 Å². The Balaban J connectivity index is 1.58. The van der Waals surface area contributed by atoms with E-state index in [1.54, 1.807) is 0 Å². The summed E-state index contributed by atoms with van der Waals surface area (Å²) in [6.45, 7) is 0.984. The number of nitrogens with one attached hydrogen (secondary N) is 2. The molecular formula is C15H26N2O4. The van der Waals surface area contributed by atoms with E-state index < -0.39 is 11.9 Å². The van der Waals surface area contributed by atoms with Crippen molar-refractivity contribution in [3.05, 3.63) is 0 Å². The second-order valence-electron chi connectivity index (χ2n) is 6.01. The lowest BCUT2D eigenvalue weighted by Gasteiger charge is -2.22. The standard InChI is InChI=1S/C15H26N2O4/c18-14(19)12-7-4-8-13(12)17-15(20)16-9-10-21-11-5-2-1-3-6-11/h11-13H,1-10H2,(H,18,19)(H2,16,17,20). The van der Waals surface area contributed by atoms with E-state index in [0.717, 1.165) is 25.7 Å². The summed E-state index contributed by atoms with van der Waals surface area (Å²) in [6, 6.07) is -0.540. The van der Waals surface area contributed by atoms with Gasteiger partial charge in [0.2, 0.25) is 0 Å². The molecule has 21 heavy (non-hydrogen) atoms. The quantitative estimate of drug-likeness (QED) is 0.653. The van der Waals surface area contributed by atoms with E-state index in [1.807, 2.05) is 0 Å². The van der Waals surface area contributed by atoms with Crippen molar-refractivity contribution in [2.45, 2.75) is 63.5 Å². The maximum atomic E-state index is 11.7. The van der Waals surface area contributed by atoms with E-state index in [1.165, 1.54) is 19.3 Å². The van der Waals surface area contributed by atoms with Gasteiger partial charge in [0, 0.05) is 12.6 Å². The van der Waals surface area contributed by atoms with Crippen LogP contribution in [0.15, 0.2) is 0 Å². The van der Waals surface area contributed by atoms with E-state index in [2.05, 4.69) is 10.6 Å². The highest BCUT2D eigenvalue weighted by Gasteiger charge is 2.33. The molecule has 0 bridgehead atoms. The lowest BCUT2D eigenvalue weighted by atomic mass is 9.98. The molecule has 2 aliphatic carbocycles. The third kappa shape index (κ3) is 5.19. The molecule has 6 nitrogen and oxygen atoms in total. The molecule has 2 aliphatic rings. The molecule has 2 fully saturated rings. The smallest absolute Gasteiger partial charge is 0.315 e. The average Bonchev–Trinajstić information content (AvgIpc) is 2.93. The number of ether oxygens (including phenoxy) is 1. The molecule has 6 heteroatoms. The number of amides is 2. The fraction of sp³-hybridized carbons (Fsp3) is 0.867. The summed E-state index contributed by atoms with van der Waals surface area (Å²) >= 11 is 0. The summed E-state index contributed by atoms with van der Waals surface area (Å²) < 4.78 is 5.73. The van der Waals surface area contributed by atoms with Crippen molar-refractivity contribution >= 4 is 12.0 Å². The number of carboxylic acid groups (broad SMARTS) is 1. The van der Waals surface area contributed by atoms with Gasteiger partial charge < -0.3 is 20.5 Å². The topological polar surface area (TPSA) is 87.7 Å². The Morgan fingerprint density at radius 3 is 2.52 bits per heavy atom. The minimum absolute atomic E-state index is 0.248. The van der Waals surface area contributed by atoms with Crippen molar-refractivity contribution in [1.29, 1.82) is 0 Å². The monoisotopic (exact) mass is 298 g/mol. The number of urea groups is 1. The van der Waals surface area contributed by atoms with Crippen LogP contribution in [0.25, 0.3) is 0 Å². The normalized spacial score (nSPS) is 26.5. The summed E-state index contributed by atoms with van der Waals surface area (Å²) in [5.74, 6) is -1.27. The Hall–Kier alpha value is -1.30. The Morgan fingerprint density at radius 1 is 1.05 bits per heavy atom. The molecule has 0 saturated heterocycles. The van der Waals surface area contributed by atoms with Crippen LogP contribution in [0.5, 0.6) is 0 Å². The van der Waals surface area contributed by atoms with Gasteiger partial charge in [0.1, 0.15) is 0 Å². The molecule has 2 unspecified atom stereocenters. The van der Waals surface area contributed by atoms with Crippen LogP contribution in [0, 0.1) is 5.92 Å². The van der Waals surface area contributed by atoms with E-state index >= 15 is 0 Å². The van der Waals surface area contributed by atoms with Gasteiger partial charge in [0.25, 0.3) is 0 Å². The summed E-state index contributed by atoms with van der Waals surface area (Å²) in [5.41, 5.74) is 0. The second-order valence-corrected chi connectivity index (χ2v) is 6.01. The fourth-order valence-corrected chi connectivity index (χ4v) is 3.27. The molecule has 0 aromatic rings. The first-order chi connectivity index (χ1) is 10.2. The van der Waals surface area contributed by atoms with Gasteiger partial charge in [-0.05, 0) is 25.7 Å². The lowest BCUT2D eigenvalue weighted by Crippen LogP contribution is -2.46. The minimum Gasteiger partial charge on any atom is -0.481 e. The predicted octanol–water partition coefficient (Wildman–Crippen LogP) is 1.89. The highest BCUT2D eigenvalue weighted by Crippen LogP contribution is 2.25. The zero-order valence-electron chi connectivity index (χ0n) is 12.5. The molecule has 0 radical (unpaired) electrons.